The van der Waals surface area contributed by atoms with Gasteiger partial charge in [0.1, 0.15) is 0 Å². The van der Waals surface area contributed by atoms with Crippen molar-refractivity contribution in [1.82, 2.24) is 4.90 Å². The van der Waals surface area contributed by atoms with E-state index in [1.165, 1.54) is 0 Å². The quantitative estimate of drug-likeness (QED) is 0.899. The molecule has 1 aliphatic rings. The summed E-state index contributed by atoms with van der Waals surface area (Å²) < 4.78 is 5.91. The van der Waals surface area contributed by atoms with Gasteiger partial charge in [-0.25, -0.2) is 0 Å². The van der Waals surface area contributed by atoms with Crippen LogP contribution in [0.1, 0.15) is 10.4 Å². The van der Waals surface area contributed by atoms with E-state index in [1.807, 2.05) is 0 Å². The largest absolute Gasteiger partial charge is 0.394 e. The van der Waals surface area contributed by atoms with Crippen LogP contribution in [0.15, 0.2) is 22.7 Å². The van der Waals surface area contributed by atoms with Crippen molar-refractivity contribution in [2.45, 2.75) is 6.04 Å². The monoisotopic (exact) mass is 333 g/mol. The number of carbonyl (C=O) groups excluding carboxylic acids is 1. The van der Waals surface area contributed by atoms with Gasteiger partial charge >= 0.3 is 0 Å². The highest BCUT2D eigenvalue weighted by atomic mass is 79.9. The topological polar surface area (TPSA) is 49.8 Å². The van der Waals surface area contributed by atoms with Crippen LogP contribution in [0.2, 0.25) is 5.02 Å². The van der Waals surface area contributed by atoms with Crippen LogP contribution in [-0.4, -0.2) is 48.3 Å². The number of amides is 1. The molecule has 1 fully saturated rings. The first-order valence-electron chi connectivity index (χ1n) is 5.58. The zero-order chi connectivity index (χ0) is 13.1. The lowest BCUT2D eigenvalue weighted by molar-refractivity contribution is -0.0184. The average Bonchev–Trinajstić information content (AvgIpc) is 2.38. The number of ether oxygens (including phenoxy) is 1. The Labute approximate surface area is 119 Å². The number of morpholine rings is 1. The summed E-state index contributed by atoms with van der Waals surface area (Å²) in [7, 11) is 0. The third-order valence-corrected chi connectivity index (χ3v) is 3.75. The van der Waals surface area contributed by atoms with Crippen molar-refractivity contribution < 1.29 is 14.6 Å². The Kier molecular flexibility index (Phi) is 4.61. The molecule has 2 rings (SSSR count). The molecular formula is C12H13BrClNO3. The first kappa shape index (κ1) is 13.8. The van der Waals surface area contributed by atoms with Gasteiger partial charge in [0, 0.05) is 16.0 Å². The third-order valence-electron chi connectivity index (χ3n) is 2.86. The average molecular weight is 335 g/mol. The van der Waals surface area contributed by atoms with Crippen LogP contribution in [0.25, 0.3) is 0 Å². The van der Waals surface area contributed by atoms with E-state index >= 15 is 0 Å². The summed E-state index contributed by atoms with van der Waals surface area (Å²) in [5.41, 5.74) is 0.541. The molecule has 0 radical (unpaired) electrons. The molecule has 0 saturated carbocycles. The molecule has 98 valence electrons. The number of hydrogen-bond acceptors (Lipinski definition) is 3. The van der Waals surface area contributed by atoms with E-state index in [0.717, 1.165) is 0 Å². The second kappa shape index (κ2) is 6.02. The molecule has 1 saturated heterocycles. The fraction of sp³-hybridized carbons (Fsp3) is 0.417. The number of carbonyl (C=O) groups is 1. The molecule has 0 aliphatic carbocycles. The van der Waals surface area contributed by atoms with E-state index in [-0.39, 0.29) is 18.6 Å². The second-order valence-corrected chi connectivity index (χ2v) is 5.32. The molecule has 0 bridgehead atoms. The minimum absolute atomic E-state index is 0.100. The number of benzene rings is 1. The standard InChI is InChI=1S/C12H13BrClNO3/c13-11-5-8(14)1-2-10(11)12(17)15-3-4-18-7-9(15)6-16/h1-2,5,9,16H,3-4,6-7H2. The van der Waals surface area contributed by atoms with Crippen LogP contribution in [0.5, 0.6) is 0 Å². The molecule has 1 N–H and O–H groups in total. The van der Waals surface area contributed by atoms with Gasteiger partial charge in [0.25, 0.3) is 5.91 Å². The minimum atomic E-state index is -0.283. The van der Waals surface area contributed by atoms with E-state index in [0.29, 0.717) is 34.8 Å². The summed E-state index contributed by atoms with van der Waals surface area (Å²) in [6.45, 7) is 1.25. The summed E-state index contributed by atoms with van der Waals surface area (Å²) in [6.07, 6.45) is 0. The van der Waals surface area contributed by atoms with E-state index in [1.54, 1.807) is 23.1 Å². The van der Waals surface area contributed by atoms with Gasteiger partial charge in [0.2, 0.25) is 0 Å². The predicted octanol–water partition coefficient (Wildman–Crippen LogP) is 1.94. The van der Waals surface area contributed by atoms with E-state index in [2.05, 4.69) is 15.9 Å². The molecule has 1 heterocycles. The molecule has 0 aromatic heterocycles. The summed E-state index contributed by atoms with van der Waals surface area (Å²) in [6, 6.07) is 4.75. The van der Waals surface area contributed by atoms with Crippen LogP contribution in [0, 0.1) is 0 Å². The highest BCUT2D eigenvalue weighted by Gasteiger charge is 2.28. The van der Waals surface area contributed by atoms with Gasteiger partial charge in [-0.05, 0) is 34.1 Å². The molecule has 1 unspecified atom stereocenters. The summed E-state index contributed by atoms with van der Waals surface area (Å²) in [5, 5.41) is 9.83. The zero-order valence-electron chi connectivity index (χ0n) is 9.60. The lowest BCUT2D eigenvalue weighted by Gasteiger charge is -2.34. The Balaban J connectivity index is 2.24. The Hall–Kier alpha value is -0.620. The van der Waals surface area contributed by atoms with E-state index in [4.69, 9.17) is 16.3 Å². The summed E-state index contributed by atoms with van der Waals surface area (Å²) in [5.74, 6) is -0.124. The number of rotatable bonds is 2. The number of halogens is 2. The number of nitrogens with zero attached hydrogens (tertiary/aromatic N) is 1. The van der Waals surface area contributed by atoms with E-state index in [9.17, 15) is 9.90 Å². The van der Waals surface area contributed by atoms with Gasteiger partial charge in [-0.2, -0.15) is 0 Å². The first-order valence-corrected chi connectivity index (χ1v) is 6.75. The molecule has 1 aromatic carbocycles. The molecule has 1 aromatic rings. The van der Waals surface area contributed by atoms with Gasteiger partial charge in [0.05, 0.1) is 31.4 Å². The van der Waals surface area contributed by atoms with Crippen molar-refractivity contribution in [3.8, 4) is 0 Å². The van der Waals surface area contributed by atoms with Crippen LogP contribution >= 0.6 is 27.5 Å². The number of aliphatic hydroxyl groups excluding tert-OH is 1. The molecule has 1 aliphatic heterocycles. The minimum Gasteiger partial charge on any atom is -0.394 e. The van der Waals surface area contributed by atoms with Crippen molar-refractivity contribution in [2.24, 2.45) is 0 Å². The molecule has 0 spiro atoms. The maximum atomic E-state index is 12.4. The maximum Gasteiger partial charge on any atom is 0.255 e. The van der Waals surface area contributed by atoms with Crippen LogP contribution in [0.4, 0.5) is 0 Å². The van der Waals surface area contributed by atoms with Gasteiger partial charge in [0.15, 0.2) is 0 Å². The Bertz CT molecular complexity index is 455. The Morgan fingerprint density at radius 1 is 1.61 bits per heavy atom. The smallest absolute Gasteiger partial charge is 0.255 e. The zero-order valence-corrected chi connectivity index (χ0v) is 11.9. The lowest BCUT2D eigenvalue weighted by atomic mass is 10.1. The van der Waals surface area contributed by atoms with Crippen molar-refractivity contribution in [2.75, 3.05) is 26.4 Å². The number of aliphatic hydroxyl groups is 1. The summed E-state index contributed by atoms with van der Waals surface area (Å²) >= 11 is 9.18. The molecule has 18 heavy (non-hydrogen) atoms. The van der Waals surface area contributed by atoms with Gasteiger partial charge in [-0.3, -0.25) is 4.79 Å². The van der Waals surface area contributed by atoms with Crippen LogP contribution in [0.3, 0.4) is 0 Å². The fourth-order valence-electron chi connectivity index (χ4n) is 1.89. The normalized spacial score (nSPS) is 19.9. The van der Waals surface area contributed by atoms with Gasteiger partial charge < -0.3 is 14.7 Å². The second-order valence-electron chi connectivity index (χ2n) is 4.03. The first-order chi connectivity index (χ1) is 8.63. The SMILES string of the molecule is O=C(c1ccc(Cl)cc1Br)N1CCOCC1CO. The van der Waals surface area contributed by atoms with Crippen molar-refractivity contribution in [1.29, 1.82) is 0 Å². The Morgan fingerprint density at radius 2 is 2.39 bits per heavy atom. The van der Waals surface area contributed by atoms with Gasteiger partial charge in [-0.1, -0.05) is 11.6 Å². The van der Waals surface area contributed by atoms with Crippen molar-refractivity contribution in [3.63, 3.8) is 0 Å². The highest BCUT2D eigenvalue weighted by molar-refractivity contribution is 9.10. The molecule has 1 atom stereocenters. The highest BCUT2D eigenvalue weighted by Crippen LogP contribution is 2.24. The molecule has 4 nitrogen and oxygen atoms in total. The fourth-order valence-corrected chi connectivity index (χ4v) is 2.74. The predicted molar refractivity (Wildman–Crippen MR) is 71.9 cm³/mol. The molecular weight excluding hydrogens is 321 g/mol. The van der Waals surface area contributed by atoms with Crippen LogP contribution in [-0.2, 0) is 4.74 Å². The van der Waals surface area contributed by atoms with E-state index < -0.39 is 0 Å². The molecule has 6 heteroatoms. The Morgan fingerprint density at radius 3 is 3.06 bits per heavy atom. The van der Waals surface area contributed by atoms with Gasteiger partial charge in [-0.15, -0.1) is 0 Å². The maximum absolute atomic E-state index is 12.4. The third kappa shape index (κ3) is 2.85. The van der Waals surface area contributed by atoms with Crippen molar-refractivity contribution in [3.05, 3.63) is 33.3 Å². The summed E-state index contributed by atoms with van der Waals surface area (Å²) in [4.78, 5) is 14.0. The van der Waals surface area contributed by atoms with Crippen molar-refractivity contribution >= 4 is 33.4 Å². The van der Waals surface area contributed by atoms with Crippen LogP contribution < -0.4 is 0 Å². The molecule has 1 amide bonds. The number of hydrogen-bond donors (Lipinski definition) is 1. The lowest BCUT2D eigenvalue weighted by Crippen LogP contribution is -2.50.